The second kappa shape index (κ2) is 4.47. The summed E-state index contributed by atoms with van der Waals surface area (Å²) in [5.41, 5.74) is 0. The van der Waals surface area contributed by atoms with Gasteiger partial charge in [0.1, 0.15) is 0 Å². The molecule has 0 amide bonds. The van der Waals surface area contributed by atoms with Gasteiger partial charge in [-0.05, 0) is 13.3 Å². The fourth-order valence-corrected chi connectivity index (χ4v) is 1.14. The van der Waals surface area contributed by atoms with Gasteiger partial charge < -0.3 is 10.6 Å². The Labute approximate surface area is 62.7 Å². The summed E-state index contributed by atoms with van der Waals surface area (Å²) in [6.07, 6.45) is 5.05. The van der Waals surface area contributed by atoms with Crippen molar-refractivity contribution in [1.29, 1.82) is 0 Å². The van der Waals surface area contributed by atoms with Crippen LogP contribution >= 0.6 is 0 Å². The quantitative estimate of drug-likeness (QED) is 0.576. The van der Waals surface area contributed by atoms with E-state index in [4.69, 9.17) is 0 Å². The Morgan fingerprint density at radius 3 is 3.00 bits per heavy atom. The number of hydrogen-bond acceptors (Lipinski definition) is 2. The lowest BCUT2D eigenvalue weighted by atomic mass is 10.1. The second-order valence-electron chi connectivity index (χ2n) is 2.56. The summed E-state index contributed by atoms with van der Waals surface area (Å²) in [5.74, 6) is 0. The molecule has 2 nitrogen and oxygen atoms in total. The minimum Gasteiger partial charge on any atom is -0.314 e. The van der Waals surface area contributed by atoms with Gasteiger partial charge in [0.25, 0.3) is 0 Å². The first kappa shape index (κ1) is 7.76. The fourth-order valence-electron chi connectivity index (χ4n) is 1.14. The molecule has 0 aliphatic carbocycles. The molecule has 2 heteroatoms. The van der Waals surface area contributed by atoms with Crippen LogP contribution in [0.4, 0.5) is 0 Å². The van der Waals surface area contributed by atoms with E-state index in [0.717, 1.165) is 26.1 Å². The molecule has 1 rings (SSSR count). The molecule has 0 aromatic heterocycles. The summed E-state index contributed by atoms with van der Waals surface area (Å²) in [4.78, 5) is 0. The van der Waals surface area contributed by atoms with E-state index in [1.807, 2.05) is 6.08 Å². The lowest BCUT2D eigenvalue weighted by Crippen LogP contribution is -2.47. The van der Waals surface area contributed by atoms with Crippen LogP contribution < -0.4 is 10.6 Å². The van der Waals surface area contributed by atoms with Gasteiger partial charge in [-0.25, -0.2) is 0 Å². The lowest BCUT2D eigenvalue weighted by molar-refractivity contribution is 0.421. The first-order chi connectivity index (χ1) is 4.93. The molecule has 2 N–H and O–H groups in total. The molecule has 1 saturated heterocycles. The van der Waals surface area contributed by atoms with Gasteiger partial charge in [-0.3, -0.25) is 0 Å². The summed E-state index contributed by atoms with van der Waals surface area (Å²) < 4.78 is 0. The number of nitrogens with one attached hydrogen (secondary N) is 2. The van der Waals surface area contributed by atoms with Crippen molar-refractivity contribution in [2.45, 2.75) is 12.5 Å². The molecule has 0 spiro atoms. The molecule has 1 heterocycles. The zero-order chi connectivity index (χ0) is 7.23. The van der Waals surface area contributed by atoms with Crippen molar-refractivity contribution < 1.29 is 0 Å². The maximum atomic E-state index is 3.64. The average molecular weight is 139 g/mol. The molecule has 1 aliphatic rings. The van der Waals surface area contributed by atoms with Crippen molar-refractivity contribution in [3.05, 3.63) is 19.1 Å². The molecular weight excluding hydrogens is 124 g/mol. The summed E-state index contributed by atoms with van der Waals surface area (Å²) in [7, 11) is 0. The highest BCUT2D eigenvalue weighted by Crippen LogP contribution is 1.94. The molecule has 0 bridgehead atoms. The van der Waals surface area contributed by atoms with Crippen LogP contribution in [0.5, 0.6) is 0 Å². The van der Waals surface area contributed by atoms with Gasteiger partial charge in [-0.15, -0.1) is 0 Å². The Bertz CT molecular complexity index is 104. The largest absolute Gasteiger partial charge is 0.314 e. The SMILES string of the molecule is [CH2]C=CCC1CNCCN1. The summed E-state index contributed by atoms with van der Waals surface area (Å²) in [6.45, 7) is 6.92. The van der Waals surface area contributed by atoms with Gasteiger partial charge in [0.2, 0.25) is 0 Å². The van der Waals surface area contributed by atoms with Crippen molar-refractivity contribution in [3.63, 3.8) is 0 Å². The Kier molecular flexibility index (Phi) is 3.47. The Balaban J connectivity index is 2.13. The summed E-state index contributed by atoms with van der Waals surface area (Å²) >= 11 is 0. The number of allylic oxidation sites excluding steroid dienone is 1. The zero-order valence-corrected chi connectivity index (χ0v) is 6.27. The molecule has 0 aromatic rings. The van der Waals surface area contributed by atoms with Gasteiger partial charge in [0, 0.05) is 25.7 Å². The highest BCUT2D eigenvalue weighted by atomic mass is 15.0. The van der Waals surface area contributed by atoms with Crippen LogP contribution in [0.15, 0.2) is 12.2 Å². The van der Waals surface area contributed by atoms with Crippen molar-refractivity contribution in [3.8, 4) is 0 Å². The molecule has 10 heavy (non-hydrogen) atoms. The van der Waals surface area contributed by atoms with Crippen molar-refractivity contribution in [2.24, 2.45) is 0 Å². The molecule has 1 aliphatic heterocycles. The van der Waals surface area contributed by atoms with Crippen LogP contribution in [0.25, 0.3) is 0 Å². The normalized spacial score (nSPS) is 27.5. The molecule has 1 unspecified atom stereocenters. The van der Waals surface area contributed by atoms with Crippen molar-refractivity contribution >= 4 is 0 Å². The third-order valence-electron chi connectivity index (χ3n) is 1.71. The van der Waals surface area contributed by atoms with E-state index >= 15 is 0 Å². The maximum absolute atomic E-state index is 3.64. The molecule has 1 fully saturated rings. The van der Waals surface area contributed by atoms with Gasteiger partial charge in [-0.1, -0.05) is 12.2 Å². The van der Waals surface area contributed by atoms with Crippen LogP contribution in [-0.4, -0.2) is 25.7 Å². The van der Waals surface area contributed by atoms with Crippen molar-refractivity contribution in [1.82, 2.24) is 10.6 Å². The van der Waals surface area contributed by atoms with Gasteiger partial charge in [0.15, 0.2) is 0 Å². The summed E-state index contributed by atoms with van der Waals surface area (Å²) in [6, 6.07) is 0.617. The lowest BCUT2D eigenvalue weighted by Gasteiger charge is -2.23. The number of hydrogen-bond donors (Lipinski definition) is 2. The van der Waals surface area contributed by atoms with Crippen LogP contribution in [-0.2, 0) is 0 Å². The third kappa shape index (κ3) is 2.50. The standard InChI is InChI=1S/C8H15N2/c1-2-3-4-8-7-9-5-6-10-8/h2-3,8-10H,1,4-7H2. The molecular formula is C8H15N2. The molecule has 57 valence electrons. The van der Waals surface area contributed by atoms with Crippen LogP contribution in [0.2, 0.25) is 0 Å². The highest BCUT2D eigenvalue weighted by Gasteiger charge is 2.08. The van der Waals surface area contributed by atoms with Crippen LogP contribution in [0, 0.1) is 6.92 Å². The Morgan fingerprint density at radius 1 is 1.50 bits per heavy atom. The molecule has 1 atom stereocenters. The van der Waals surface area contributed by atoms with Crippen molar-refractivity contribution in [2.75, 3.05) is 19.6 Å². The number of piperazine rings is 1. The van der Waals surface area contributed by atoms with E-state index in [9.17, 15) is 0 Å². The predicted octanol–water partition coefficient (Wildman–Crippen LogP) is 0.328. The van der Waals surface area contributed by atoms with E-state index in [1.165, 1.54) is 0 Å². The highest BCUT2D eigenvalue weighted by molar-refractivity contribution is 4.89. The van der Waals surface area contributed by atoms with Crippen LogP contribution in [0.3, 0.4) is 0 Å². The van der Waals surface area contributed by atoms with E-state index in [0.29, 0.717) is 6.04 Å². The smallest absolute Gasteiger partial charge is 0.0227 e. The maximum Gasteiger partial charge on any atom is 0.0227 e. The topological polar surface area (TPSA) is 24.1 Å². The van der Waals surface area contributed by atoms with E-state index in [2.05, 4.69) is 23.6 Å². The second-order valence-corrected chi connectivity index (χ2v) is 2.56. The minimum absolute atomic E-state index is 0.617. The Hall–Kier alpha value is -0.340. The zero-order valence-electron chi connectivity index (χ0n) is 6.27. The van der Waals surface area contributed by atoms with Gasteiger partial charge in [0.05, 0.1) is 0 Å². The van der Waals surface area contributed by atoms with E-state index in [-0.39, 0.29) is 0 Å². The minimum atomic E-state index is 0.617. The summed E-state index contributed by atoms with van der Waals surface area (Å²) in [5, 5.41) is 6.74. The Morgan fingerprint density at radius 2 is 2.40 bits per heavy atom. The fraction of sp³-hybridized carbons (Fsp3) is 0.625. The monoisotopic (exact) mass is 139 g/mol. The van der Waals surface area contributed by atoms with Gasteiger partial charge in [-0.2, -0.15) is 0 Å². The van der Waals surface area contributed by atoms with E-state index < -0.39 is 0 Å². The first-order valence-corrected chi connectivity index (χ1v) is 3.82. The molecule has 0 saturated carbocycles. The van der Waals surface area contributed by atoms with E-state index in [1.54, 1.807) is 0 Å². The third-order valence-corrected chi connectivity index (χ3v) is 1.71. The predicted molar refractivity (Wildman–Crippen MR) is 43.8 cm³/mol. The molecule has 1 radical (unpaired) electrons. The number of rotatable bonds is 2. The van der Waals surface area contributed by atoms with Crippen LogP contribution in [0.1, 0.15) is 6.42 Å². The average Bonchev–Trinajstić information content (AvgIpc) is 2.03. The molecule has 0 aromatic carbocycles. The first-order valence-electron chi connectivity index (χ1n) is 3.82. The van der Waals surface area contributed by atoms with Gasteiger partial charge >= 0.3 is 0 Å².